The number of hydrogen-bond acceptors (Lipinski definition) is 1. The van der Waals surface area contributed by atoms with Gasteiger partial charge in [-0.3, -0.25) is 0 Å². The minimum Gasteiger partial charge on any atom is -0.300 e. The van der Waals surface area contributed by atoms with E-state index >= 15 is 0 Å². The summed E-state index contributed by atoms with van der Waals surface area (Å²) in [4.78, 5) is 11.4. The molecular weight excluding hydrogens is 232 g/mol. The van der Waals surface area contributed by atoms with E-state index in [9.17, 15) is 4.79 Å². The van der Waals surface area contributed by atoms with Crippen molar-refractivity contribution in [3.8, 4) is 0 Å². The van der Waals surface area contributed by atoms with Crippen LogP contribution >= 0.6 is 0 Å². The molecule has 0 saturated heterocycles. The molecule has 0 aromatic rings. The SMILES string of the molecule is C=C1CCC2C(C)(C)CCCC2(C)C1CCC(C)=O. The molecule has 3 unspecified atom stereocenters. The smallest absolute Gasteiger partial charge is 0.129 e. The molecule has 2 rings (SSSR count). The fraction of sp³-hybridized carbons (Fsp3) is 0.833. The Morgan fingerprint density at radius 3 is 2.63 bits per heavy atom. The van der Waals surface area contributed by atoms with Gasteiger partial charge in [0.05, 0.1) is 0 Å². The Morgan fingerprint density at radius 1 is 1.32 bits per heavy atom. The highest BCUT2D eigenvalue weighted by molar-refractivity contribution is 5.75. The second-order valence-electron chi connectivity index (χ2n) is 7.89. The molecule has 0 N–H and O–H groups in total. The van der Waals surface area contributed by atoms with E-state index in [0.717, 1.165) is 18.8 Å². The molecule has 3 atom stereocenters. The van der Waals surface area contributed by atoms with Crippen LogP contribution in [0.1, 0.15) is 72.6 Å². The normalized spacial score (nSPS) is 37.8. The average Bonchev–Trinajstić information content (AvgIpc) is 2.26. The zero-order valence-corrected chi connectivity index (χ0v) is 13.2. The van der Waals surface area contributed by atoms with Crippen LogP contribution in [0.2, 0.25) is 0 Å². The van der Waals surface area contributed by atoms with Crippen LogP contribution in [0.3, 0.4) is 0 Å². The summed E-state index contributed by atoms with van der Waals surface area (Å²) in [6.45, 7) is 13.4. The Labute approximate surface area is 118 Å². The highest BCUT2D eigenvalue weighted by atomic mass is 16.1. The van der Waals surface area contributed by atoms with Crippen LogP contribution in [0.25, 0.3) is 0 Å². The van der Waals surface area contributed by atoms with Crippen molar-refractivity contribution in [1.29, 1.82) is 0 Å². The first-order valence-corrected chi connectivity index (χ1v) is 7.94. The predicted octanol–water partition coefficient (Wildman–Crippen LogP) is 5.15. The highest BCUT2D eigenvalue weighted by Gasteiger charge is 2.52. The summed E-state index contributed by atoms with van der Waals surface area (Å²) in [6, 6.07) is 0. The van der Waals surface area contributed by atoms with Gasteiger partial charge in [-0.25, -0.2) is 0 Å². The molecule has 2 fully saturated rings. The van der Waals surface area contributed by atoms with Gasteiger partial charge in [-0.2, -0.15) is 0 Å². The molecule has 0 spiro atoms. The third-order valence-electron chi connectivity index (χ3n) is 6.10. The van der Waals surface area contributed by atoms with Gasteiger partial charge in [-0.1, -0.05) is 39.3 Å². The first-order chi connectivity index (χ1) is 8.77. The zero-order chi connectivity index (χ0) is 14.3. The minimum absolute atomic E-state index is 0.327. The molecule has 2 aliphatic rings. The Bertz CT molecular complexity index is 379. The molecule has 1 nitrogen and oxygen atoms in total. The van der Waals surface area contributed by atoms with Gasteiger partial charge >= 0.3 is 0 Å². The van der Waals surface area contributed by atoms with Gasteiger partial charge in [0.1, 0.15) is 5.78 Å². The van der Waals surface area contributed by atoms with Crippen molar-refractivity contribution in [3.63, 3.8) is 0 Å². The topological polar surface area (TPSA) is 17.1 Å². The summed E-state index contributed by atoms with van der Waals surface area (Å²) in [7, 11) is 0. The largest absolute Gasteiger partial charge is 0.300 e. The van der Waals surface area contributed by atoms with Crippen LogP contribution in [-0.2, 0) is 4.79 Å². The van der Waals surface area contributed by atoms with Crippen LogP contribution in [0, 0.1) is 22.7 Å². The van der Waals surface area contributed by atoms with Gasteiger partial charge in [0.2, 0.25) is 0 Å². The van der Waals surface area contributed by atoms with E-state index in [-0.39, 0.29) is 0 Å². The van der Waals surface area contributed by atoms with Crippen molar-refractivity contribution in [1.82, 2.24) is 0 Å². The Hall–Kier alpha value is -0.590. The first-order valence-electron chi connectivity index (χ1n) is 7.94. The van der Waals surface area contributed by atoms with E-state index in [0.29, 0.717) is 22.5 Å². The van der Waals surface area contributed by atoms with Gasteiger partial charge in [0, 0.05) is 6.42 Å². The number of carbonyl (C=O) groups excluding carboxylic acids is 1. The number of rotatable bonds is 3. The van der Waals surface area contributed by atoms with Crippen molar-refractivity contribution in [2.75, 3.05) is 0 Å². The standard InChI is InChI=1S/C18H30O/c1-13-7-10-16-17(3,4)11-6-12-18(16,5)15(13)9-8-14(2)19/h15-16H,1,6-12H2,2-5H3. The van der Waals surface area contributed by atoms with E-state index in [4.69, 9.17) is 0 Å². The van der Waals surface area contributed by atoms with E-state index in [1.807, 2.05) is 0 Å². The third-order valence-corrected chi connectivity index (χ3v) is 6.10. The van der Waals surface area contributed by atoms with Crippen molar-refractivity contribution < 1.29 is 4.79 Å². The van der Waals surface area contributed by atoms with Gasteiger partial charge in [-0.05, 0) is 61.7 Å². The minimum atomic E-state index is 0.327. The molecule has 2 aliphatic carbocycles. The molecule has 0 bridgehead atoms. The Morgan fingerprint density at radius 2 is 2.00 bits per heavy atom. The number of Topliss-reactive ketones (excluding diaryl/α,β-unsaturated/α-hetero) is 1. The van der Waals surface area contributed by atoms with E-state index in [1.54, 1.807) is 6.92 Å². The molecule has 19 heavy (non-hydrogen) atoms. The average molecular weight is 262 g/mol. The lowest BCUT2D eigenvalue weighted by Crippen LogP contribution is -2.49. The molecule has 108 valence electrons. The highest BCUT2D eigenvalue weighted by Crippen LogP contribution is 2.61. The van der Waals surface area contributed by atoms with Crippen LogP contribution in [-0.4, -0.2) is 5.78 Å². The van der Waals surface area contributed by atoms with Crippen molar-refractivity contribution >= 4 is 5.78 Å². The molecule has 1 heteroatoms. The summed E-state index contributed by atoms with van der Waals surface area (Å²) < 4.78 is 0. The van der Waals surface area contributed by atoms with E-state index < -0.39 is 0 Å². The third kappa shape index (κ3) is 2.66. The van der Waals surface area contributed by atoms with Crippen LogP contribution in [0.5, 0.6) is 0 Å². The lowest BCUT2D eigenvalue weighted by molar-refractivity contribution is -0.118. The van der Waals surface area contributed by atoms with Gasteiger partial charge in [-0.15, -0.1) is 0 Å². The monoisotopic (exact) mass is 262 g/mol. The summed E-state index contributed by atoms with van der Waals surface area (Å²) in [6.07, 6.45) is 8.25. The molecule has 0 heterocycles. The zero-order valence-electron chi connectivity index (χ0n) is 13.2. The van der Waals surface area contributed by atoms with Crippen molar-refractivity contribution in [2.45, 2.75) is 72.6 Å². The maximum absolute atomic E-state index is 11.4. The number of fused-ring (bicyclic) bond motifs is 1. The second-order valence-corrected chi connectivity index (χ2v) is 7.89. The lowest BCUT2D eigenvalue weighted by atomic mass is 9.47. The first kappa shape index (κ1) is 14.8. The van der Waals surface area contributed by atoms with Crippen LogP contribution < -0.4 is 0 Å². The maximum Gasteiger partial charge on any atom is 0.129 e. The molecule has 0 radical (unpaired) electrons. The molecule has 0 aliphatic heterocycles. The summed E-state index contributed by atoms with van der Waals surface area (Å²) in [5.74, 6) is 1.69. The van der Waals surface area contributed by atoms with Gasteiger partial charge < -0.3 is 4.79 Å². The number of carbonyl (C=O) groups is 1. The fourth-order valence-corrected chi connectivity index (χ4v) is 5.16. The Balaban J connectivity index is 2.24. The quantitative estimate of drug-likeness (QED) is 0.642. The summed E-state index contributed by atoms with van der Waals surface area (Å²) in [5, 5.41) is 0. The molecular formula is C18H30O. The van der Waals surface area contributed by atoms with E-state index in [2.05, 4.69) is 27.4 Å². The number of hydrogen-bond donors (Lipinski definition) is 0. The van der Waals surface area contributed by atoms with Gasteiger partial charge in [0.15, 0.2) is 0 Å². The maximum atomic E-state index is 11.4. The molecule has 0 aromatic carbocycles. The molecule has 0 amide bonds. The number of ketones is 1. The van der Waals surface area contributed by atoms with Crippen molar-refractivity contribution in [2.24, 2.45) is 22.7 Å². The second kappa shape index (κ2) is 5.07. The van der Waals surface area contributed by atoms with Crippen molar-refractivity contribution in [3.05, 3.63) is 12.2 Å². The number of allylic oxidation sites excluding steroid dienone is 1. The molecule has 0 aromatic heterocycles. The summed E-state index contributed by atoms with van der Waals surface area (Å²) >= 11 is 0. The van der Waals surface area contributed by atoms with Crippen LogP contribution in [0.15, 0.2) is 12.2 Å². The Kier molecular flexibility index (Phi) is 3.95. The lowest BCUT2D eigenvalue weighted by Gasteiger charge is -2.58. The fourth-order valence-electron chi connectivity index (χ4n) is 5.16. The van der Waals surface area contributed by atoms with Gasteiger partial charge in [0.25, 0.3) is 0 Å². The summed E-state index contributed by atoms with van der Waals surface area (Å²) in [5.41, 5.74) is 2.26. The predicted molar refractivity (Wildman–Crippen MR) is 81.0 cm³/mol. The van der Waals surface area contributed by atoms with Crippen LogP contribution in [0.4, 0.5) is 0 Å². The van der Waals surface area contributed by atoms with E-state index in [1.165, 1.54) is 37.7 Å². The molecule has 2 saturated carbocycles.